The molecule has 0 radical (unpaired) electrons. The molecule has 1 saturated heterocycles. The van der Waals surface area contributed by atoms with Crippen LogP contribution in [0.15, 0.2) is 67.0 Å². The van der Waals surface area contributed by atoms with E-state index in [1.807, 2.05) is 74.6 Å². The van der Waals surface area contributed by atoms with E-state index in [1.54, 1.807) is 6.20 Å². The fraction of sp³-hybridized carbons (Fsp3) is 0.367. The van der Waals surface area contributed by atoms with Crippen molar-refractivity contribution in [3.05, 3.63) is 89.2 Å². The van der Waals surface area contributed by atoms with Gasteiger partial charge in [-0.1, -0.05) is 19.1 Å². The second-order valence-electron chi connectivity index (χ2n) is 9.82. The normalized spacial score (nSPS) is 14.7. The second-order valence-corrected chi connectivity index (χ2v) is 9.82. The second kappa shape index (κ2) is 12.5. The molecule has 4 rings (SSSR count). The lowest BCUT2D eigenvalue weighted by Gasteiger charge is -2.34. The number of amides is 2. The monoisotopic (exact) mass is 499 g/mol. The van der Waals surface area contributed by atoms with Crippen LogP contribution in [0.3, 0.4) is 0 Å². The molecule has 0 bridgehead atoms. The third kappa shape index (κ3) is 7.17. The van der Waals surface area contributed by atoms with Crippen LogP contribution < -0.4 is 15.5 Å². The Morgan fingerprint density at radius 2 is 1.78 bits per heavy atom. The van der Waals surface area contributed by atoms with E-state index in [9.17, 15) is 9.59 Å². The lowest BCUT2D eigenvalue weighted by atomic mass is 9.97. The van der Waals surface area contributed by atoms with Crippen molar-refractivity contribution in [2.75, 3.05) is 43.4 Å². The van der Waals surface area contributed by atoms with Crippen molar-refractivity contribution in [1.82, 2.24) is 15.2 Å². The molecule has 2 aromatic carbocycles. The van der Waals surface area contributed by atoms with Gasteiger partial charge < -0.3 is 20.4 Å². The Morgan fingerprint density at radius 1 is 1.03 bits per heavy atom. The van der Waals surface area contributed by atoms with Crippen LogP contribution in [-0.4, -0.2) is 54.9 Å². The quantitative estimate of drug-likeness (QED) is 0.460. The Balaban J connectivity index is 1.30. The third-order valence-electron chi connectivity index (χ3n) is 7.12. The molecule has 194 valence electrons. The average Bonchev–Trinajstić information content (AvgIpc) is 2.92. The van der Waals surface area contributed by atoms with E-state index in [-0.39, 0.29) is 17.7 Å². The van der Waals surface area contributed by atoms with Crippen LogP contribution in [0.2, 0.25) is 0 Å². The van der Waals surface area contributed by atoms with Gasteiger partial charge in [-0.25, -0.2) is 0 Å². The first-order valence-corrected chi connectivity index (χ1v) is 13.0. The summed E-state index contributed by atoms with van der Waals surface area (Å²) in [6.45, 7) is 8.55. The van der Waals surface area contributed by atoms with E-state index in [0.717, 1.165) is 60.7 Å². The van der Waals surface area contributed by atoms with E-state index in [2.05, 4.69) is 32.5 Å². The average molecular weight is 500 g/mol. The van der Waals surface area contributed by atoms with Gasteiger partial charge in [0.25, 0.3) is 5.91 Å². The van der Waals surface area contributed by atoms with E-state index in [4.69, 9.17) is 0 Å². The van der Waals surface area contributed by atoms with E-state index in [1.165, 1.54) is 0 Å². The highest BCUT2D eigenvalue weighted by Gasteiger charge is 2.18. The summed E-state index contributed by atoms with van der Waals surface area (Å²) in [6, 6.07) is 17.6. The number of nitrogens with one attached hydrogen (secondary N) is 2. The highest BCUT2D eigenvalue weighted by molar-refractivity contribution is 5.94. The number of hydrogen-bond donors (Lipinski definition) is 2. The van der Waals surface area contributed by atoms with Crippen molar-refractivity contribution in [3.8, 4) is 0 Å². The molecule has 0 spiro atoms. The molecule has 1 fully saturated rings. The molecule has 1 aromatic heterocycles. The van der Waals surface area contributed by atoms with Gasteiger partial charge in [0, 0.05) is 68.0 Å². The fourth-order valence-electron chi connectivity index (χ4n) is 4.61. The van der Waals surface area contributed by atoms with Gasteiger partial charge in [0.2, 0.25) is 5.91 Å². The molecule has 1 atom stereocenters. The number of rotatable bonds is 9. The maximum Gasteiger partial charge on any atom is 0.251 e. The molecule has 0 saturated carbocycles. The molecule has 0 aliphatic carbocycles. The van der Waals surface area contributed by atoms with Gasteiger partial charge in [-0.2, -0.15) is 0 Å². The number of hydrogen-bond acceptors (Lipinski definition) is 5. The van der Waals surface area contributed by atoms with Crippen LogP contribution in [0, 0.1) is 12.8 Å². The third-order valence-corrected chi connectivity index (χ3v) is 7.12. The number of piperazine rings is 1. The van der Waals surface area contributed by atoms with Gasteiger partial charge >= 0.3 is 0 Å². The summed E-state index contributed by atoms with van der Waals surface area (Å²) >= 11 is 0. The predicted octanol–water partition coefficient (Wildman–Crippen LogP) is 4.28. The lowest BCUT2D eigenvalue weighted by Crippen LogP contribution is -2.44. The molecular formula is C30H37N5O2. The molecular weight excluding hydrogens is 462 g/mol. The first-order valence-electron chi connectivity index (χ1n) is 13.0. The Hall–Kier alpha value is -3.71. The van der Waals surface area contributed by atoms with E-state index in [0.29, 0.717) is 18.5 Å². The number of benzene rings is 2. The zero-order valence-corrected chi connectivity index (χ0v) is 22.0. The number of aryl methyl sites for hydroxylation is 1. The van der Waals surface area contributed by atoms with Crippen molar-refractivity contribution < 1.29 is 9.59 Å². The molecule has 2 amide bonds. The largest absolute Gasteiger partial charge is 0.369 e. The minimum atomic E-state index is -0.119. The molecule has 7 nitrogen and oxygen atoms in total. The van der Waals surface area contributed by atoms with Crippen LogP contribution in [0.5, 0.6) is 0 Å². The van der Waals surface area contributed by atoms with Crippen molar-refractivity contribution in [1.29, 1.82) is 0 Å². The summed E-state index contributed by atoms with van der Waals surface area (Å²) in [7, 11) is 2.14. The number of nitrogens with zero attached hydrogens (tertiary/aromatic N) is 3. The molecule has 3 aromatic rings. The Labute approximate surface area is 219 Å². The van der Waals surface area contributed by atoms with Crippen molar-refractivity contribution in [3.63, 3.8) is 0 Å². The maximum atomic E-state index is 12.9. The topological polar surface area (TPSA) is 77.6 Å². The Bertz CT molecular complexity index is 1190. The van der Waals surface area contributed by atoms with Gasteiger partial charge in [0.1, 0.15) is 0 Å². The van der Waals surface area contributed by atoms with Crippen molar-refractivity contribution in [2.24, 2.45) is 5.92 Å². The number of aromatic nitrogens is 1. The minimum absolute atomic E-state index is 0.00632. The molecule has 2 heterocycles. The molecule has 37 heavy (non-hydrogen) atoms. The summed E-state index contributed by atoms with van der Waals surface area (Å²) in [5.41, 5.74) is 5.66. The summed E-state index contributed by atoms with van der Waals surface area (Å²) in [5, 5.41) is 6.08. The zero-order chi connectivity index (χ0) is 26.2. The standard InChI is InChI=1S/C30H37N5O2/c1-4-24(19-23-6-5-13-31-20-23)30(37)33-27-10-7-26(22(2)18-27)21-32-29(36)25-8-11-28(12-9-25)35-16-14-34(3)15-17-35/h5-13,18,20,24H,4,14-17,19,21H2,1-3H3,(H,32,36)(H,33,37). The number of pyridine rings is 1. The Kier molecular flexibility index (Phi) is 8.90. The molecule has 1 unspecified atom stereocenters. The van der Waals surface area contributed by atoms with E-state index >= 15 is 0 Å². The highest BCUT2D eigenvalue weighted by atomic mass is 16.2. The number of likely N-dealkylation sites (N-methyl/N-ethyl adjacent to an activating group) is 1. The minimum Gasteiger partial charge on any atom is -0.369 e. The van der Waals surface area contributed by atoms with Crippen LogP contribution in [0.1, 0.15) is 40.4 Å². The van der Waals surface area contributed by atoms with Crippen LogP contribution in [-0.2, 0) is 17.8 Å². The summed E-state index contributed by atoms with van der Waals surface area (Å²) in [5.74, 6) is -0.208. The molecule has 7 heteroatoms. The van der Waals surface area contributed by atoms with Crippen molar-refractivity contribution >= 4 is 23.2 Å². The lowest BCUT2D eigenvalue weighted by molar-refractivity contribution is -0.119. The maximum absolute atomic E-state index is 12.9. The van der Waals surface area contributed by atoms with Crippen molar-refractivity contribution in [2.45, 2.75) is 33.2 Å². The summed E-state index contributed by atoms with van der Waals surface area (Å²) < 4.78 is 0. The zero-order valence-electron chi connectivity index (χ0n) is 22.0. The van der Waals surface area contributed by atoms with Gasteiger partial charge in [0.05, 0.1) is 0 Å². The van der Waals surface area contributed by atoms with Crippen LogP contribution >= 0.6 is 0 Å². The smallest absolute Gasteiger partial charge is 0.251 e. The molecule has 1 aliphatic heterocycles. The number of carbonyl (C=O) groups excluding carboxylic acids is 2. The van der Waals surface area contributed by atoms with Crippen LogP contribution in [0.25, 0.3) is 0 Å². The fourth-order valence-corrected chi connectivity index (χ4v) is 4.61. The van der Waals surface area contributed by atoms with Gasteiger partial charge in [-0.15, -0.1) is 0 Å². The van der Waals surface area contributed by atoms with Gasteiger partial charge in [-0.05, 0) is 86.0 Å². The molecule has 1 aliphatic rings. The first kappa shape index (κ1) is 26.4. The van der Waals surface area contributed by atoms with E-state index < -0.39 is 0 Å². The van der Waals surface area contributed by atoms with Gasteiger partial charge in [-0.3, -0.25) is 14.6 Å². The highest BCUT2D eigenvalue weighted by Crippen LogP contribution is 2.20. The summed E-state index contributed by atoms with van der Waals surface area (Å²) in [4.78, 5) is 34.4. The van der Waals surface area contributed by atoms with Crippen LogP contribution in [0.4, 0.5) is 11.4 Å². The number of carbonyl (C=O) groups is 2. The summed E-state index contributed by atoms with van der Waals surface area (Å²) in [6.07, 6.45) is 4.96. The molecule has 2 N–H and O–H groups in total. The van der Waals surface area contributed by atoms with Gasteiger partial charge in [0.15, 0.2) is 0 Å². The SMILES string of the molecule is CCC(Cc1cccnc1)C(=O)Nc1ccc(CNC(=O)c2ccc(N3CCN(C)CC3)cc2)c(C)c1. The number of anilines is 2. The Morgan fingerprint density at radius 3 is 2.43 bits per heavy atom. The predicted molar refractivity (Wildman–Crippen MR) is 149 cm³/mol. The first-order chi connectivity index (χ1) is 17.9.